The SMILES string of the molecule is CCCCCCC/C=C/C1N=CCN1C(C)O. The van der Waals surface area contributed by atoms with E-state index in [9.17, 15) is 5.11 Å². The number of unbranched alkanes of at least 4 members (excludes halogenated alkanes) is 5. The first-order valence-electron chi connectivity index (χ1n) is 6.87. The van der Waals surface area contributed by atoms with Crippen molar-refractivity contribution in [1.29, 1.82) is 0 Å². The Kier molecular flexibility index (Phi) is 7.13. The van der Waals surface area contributed by atoms with E-state index in [1.165, 1.54) is 32.1 Å². The minimum absolute atomic E-state index is 0.0469. The number of allylic oxidation sites excluding steroid dienone is 1. The fraction of sp³-hybridized carbons (Fsp3) is 0.786. The number of nitrogens with zero attached hydrogens (tertiary/aromatic N) is 2. The maximum atomic E-state index is 9.53. The Labute approximate surface area is 105 Å². The van der Waals surface area contributed by atoms with Gasteiger partial charge in [0.1, 0.15) is 12.4 Å². The highest BCUT2D eigenvalue weighted by Gasteiger charge is 2.21. The number of aliphatic hydroxyl groups is 1. The maximum absolute atomic E-state index is 9.53. The molecule has 3 nitrogen and oxygen atoms in total. The van der Waals surface area contributed by atoms with Crippen LogP contribution in [0.5, 0.6) is 0 Å². The van der Waals surface area contributed by atoms with Crippen LogP contribution < -0.4 is 0 Å². The van der Waals surface area contributed by atoms with Crippen molar-refractivity contribution in [1.82, 2.24) is 4.90 Å². The Morgan fingerprint density at radius 3 is 2.88 bits per heavy atom. The third-order valence-electron chi connectivity index (χ3n) is 3.15. The van der Waals surface area contributed by atoms with Gasteiger partial charge in [-0.15, -0.1) is 0 Å². The molecule has 1 aliphatic heterocycles. The van der Waals surface area contributed by atoms with E-state index < -0.39 is 6.23 Å². The molecule has 0 bridgehead atoms. The molecule has 2 atom stereocenters. The van der Waals surface area contributed by atoms with Gasteiger partial charge in [0.15, 0.2) is 0 Å². The highest BCUT2D eigenvalue weighted by atomic mass is 16.3. The first-order chi connectivity index (χ1) is 8.25. The maximum Gasteiger partial charge on any atom is 0.122 e. The second kappa shape index (κ2) is 8.43. The van der Waals surface area contributed by atoms with Crippen LogP contribution in [-0.2, 0) is 0 Å². The van der Waals surface area contributed by atoms with Crippen molar-refractivity contribution in [2.75, 3.05) is 6.54 Å². The van der Waals surface area contributed by atoms with Crippen LogP contribution in [0, 0.1) is 0 Å². The van der Waals surface area contributed by atoms with Gasteiger partial charge in [-0.3, -0.25) is 4.99 Å². The molecular formula is C14H26N2O. The monoisotopic (exact) mass is 238 g/mol. The number of aliphatic imine (C=N–C) groups is 1. The van der Waals surface area contributed by atoms with Gasteiger partial charge in [-0.05, 0) is 25.8 Å². The lowest BCUT2D eigenvalue weighted by Crippen LogP contribution is -2.36. The average molecular weight is 238 g/mol. The van der Waals surface area contributed by atoms with Crippen LogP contribution in [0.15, 0.2) is 17.1 Å². The van der Waals surface area contributed by atoms with E-state index in [4.69, 9.17) is 0 Å². The highest BCUT2D eigenvalue weighted by molar-refractivity contribution is 5.62. The summed E-state index contributed by atoms with van der Waals surface area (Å²) in [4.78, 5) is 6.31. The number of rotatable bonds is 8. The Bertz CT molecular complexity index is 249. The summed E-state index contributed by atoms with van der Waals surface area (Å²) in [6.07, 6.45) is 13.5. The van der Waals surface area contributed by atoms with Crippen LogP contribution in [0.2, 0.25) is 0 Å². The van der Waals surface area contributed by atoms with Gasteiger partial charge in [-0.1, -0.05) is 38.7 Å². The van der Waals surface area contributed by atoms with Gasteiger partial charge in [-0.25, -0.2) is 4.90 Å². The molecule has 0 saturated carbocycles. The van der Waals surface area contributed by atoms with Crippen LogP contribution in [-0.4, -0.2) is 35.2 Å². The molecule has 0 aromatic heterocycles. The number of hydrogen-bond donors (Lipinski definition) is 1. The molecular weight excluding hydrogens is 212 g/mol. The summed E-state index contributed by atoms with van der Waals surface area (Å²) in [7, 11) is 0. The molecule has 1 rings (SSSR count). The lowest BCUT2D eigenvalue weighted by molar-refractivity contribution is 0.0214. The molecule has 1 aliphatic rings. The summed E-state index contributed by atoms with van der Waals surface area (Å²) >= 11 is 0. The molecule has 0 radical (unpaired) electrons. The molecule has 1 N–H and O–H groups in total. The summed E-state index contributed by atoms with van der Waals surface area (Å²) in [5, 5.41) is 9.53. The first-order valence-corrected chi connectivity index (χ1v) is 6.87. The van der Waals surface area contributed by atoms with Gasteiger partial charge < -0.3 is 5.11 Å². The van der Waals surface area contributed by atoms with E-state index in [2.05, 4.69) is 24.1 Å². The van der Waals surface area contributed by atoms with Gasteiger partial charge in [0.25, 0.3) is 0 Å². The molecule has 1 heterocycles. The standard InChI is InChI=1S/C14H26N2O/c1-3-4-5-6-7-8-9-10-14-15-11-12-16(14)13(2)17/h9-11,13-14,17H,3-8,12H2,1-2H3/b10-9+. The van der Waals surface area contributed by atoms with Gasteiger partial charge in [0.05, 0.1) is 0 Å². The zero-order valence-corrected chi connectivity index (χ0v) is 11.2. The van der Waals surface area contributed by atoms with Crippen LogP contribution >= 0.6 is 0 Å². The summed E-state index contributed by atoms with van der Waals surface area (Å²) in [5.74, 6) is 0. The third-order valence-corrected chi connectivity index (χ3v) is 3.15. The molecule has 2 unspecified atom stereocenters. The zero-order chi connectivity index (χ0) is 12.5. The quantitative estimate of drug-likeness (QED) is 0.521. The molecule has 3 heteroatoms. The molecule has 0 aromatic rings. The Morgan fingerprint density at radius 1 is 1.41 bits per heavy atom. The predicted molar refractivity (Wildman–Crippen MR) is 73.2 cm³/mol. The van der Waals surface area contributed by atoms with Crippen molar-refractivity contribution in [2.24, 2.45) is 4.99 Å². The zero-order valence-electron chi connectivity index (χ0n) is 11.2. The van der Waals surface area contributed by atoms with E-state index in [-0.39, 0.29) is 6.17 Å². The molecule has 0 fully saturated rings. The highest BCUT2D eigenvalue weighted by Crippen LogP contribution is 2.12. The molecule has 0 saturated heterocycles. The van der Waals surface area contributed by atoms with Crippen LogP contribution in [0.4, 0.5) is 0 Å². The first kappa shape index (κ1) is 14.4. The van der Waals surface area contributed by atoms with Crippen molar-refractivity contribution >= 4 is 6.21 Å². The lowest BCUT2D eigenvalue weighted by atomic mass is 10.1. The molecule has 17 heavy (non-hydrogen) atoms. The van der Waals surface area contributed by atoms with E-state index >= 15 is 0 Å². The van der Waals surface area contributed by atoms with Gasteiger partial charge >= 0.3 is 0 Å². The molecule has 98 valence electrons. The Morgan fingerprint density at radius 2 is 2.18 bits per heavy atom. The van der Waals surface area contributed by atoms with Crippen molar-refractivity contribution in [3.63, 3.8) is 0 Å². The van der Waals surface area contributed by atoms with E-state index in [1.807, 2.05) is 11.1 Å². The van der Waals surface area contributed by atoms with Crippen molar-refractivity contribution < 1.29 is 5.11 Å². The lowest BCUT2D eigenvalue weighted by Gasteiger charge is -2.23. The minimum Gasteiger partial charge on any atom is -0.379 e. The molecule has 0 aliphatic carbocycles. The Hall–Kier alpha value is -0.670. The van der Waals surface area contributed by atoms with E-state index in [0.717, 1.165) is 13.0 Å². The summed E-state index contributed by atoms with van der Waals surface area (Å²) < 4.78 is 0. The van der Waals surface area contributed by atoms with Crippen molar-refractivity contribution in [2.45, 2.75) is 64.8 Å². The van der Waals surface area contributed by atoms with Gasteiger partial charge in [0, 0.05) is 12.8 Å². The van der Waals surface area contributed by atoms with Crippen molar-refractivity contribution in [3.8, 4) is 0 Å². The minimum atomic E-state index is -0.420. The molecule has 0 spiro atoms. The largest absolute Gasteiger partial charge is 0.379 e. The molecule has 0 amide bonds. The smallest absolute Gasteiger partial charge is 0.122 e. The molecule has 0 aromatic carbocycles. The summed E-state index contributed by atoms with van der Waals surface area (Å²) in [5.41, 5.74) is 0. The van der Waals surface area contributed by atoms with Crippen LogP contribution in [0.25, 0.3) is 0 Å². The van der Waals surface area contributed by atoms with E-state index in [0.29, 0.717) is 0 Å². The van der Waals surface area contributed by atoms with Crippen LogP contribution in [0.1, 0.15) is 52.4 Å². The predicted octanol–water partition coefficient (Wildman–Crippen LogP) is 2.95. The van der Waals surface area contributed by atoms with Gasteiger partial charge in [-0.2, -0.15) is 0 Å². The number of aliphatic hydroxyl groups excluding tert-OH is 1. The second-order valence-corrected chi connectivity index (χ2v) is 4.70. The second-order valence-electron chi connectivity index (χ2n) is 4.70. The van der Waals surface area contributed by atoms with Crippen LogP contribution in [0.3, 0.4) is 0 Å². The average Bonchev–Trinajstić information content (AvgIpc) is 2.76. The summed E-state index contributed by atoms with van der Waals surface area (Å²) in [6.45, 7) is 4.78. The van der Waals surface area contributed by atoms with E-state index in [1.54, 1.807) is 6.92 Å². The topological polar surface area (TPSA) is 35.8 Å². The van der Waals surface area contributed by atoms with Gasteiger partial charge in [0.2, 0.25) is 0 Å². The fourth-order valence-electron chi connectivity index (χ4n) is 2.06. The van der Waals surface area contributed by atoms with Crippen molar-refractivity contribution in [3.05, 3.63) is 12.2 Å². The Balaban J connectivity index is 2.13. The number of hydrogen-bond acceptors (Lipinski definition) is 3. The third kappa shape index (κ3) is 5.46. The normalized spacial score (nSPS) is 22.6. The fourth-order valence-corrected chi connectivity index (χ4v) is 2.06. The summed E-state index contributed by atoms with van der Waals surface area (Å²) in [6, 6.07) is 0.